The number of hydrogen-bond acceptors (Lipinski definition) is 6. The van der Waals surface area contributed by atoms with Crippen LogP contribution < -0.4 is 14.8 Å². The highest BCUT2D eigenvalue weighted by Gasteiger charge is 2.21. The lowest BCUT2D eigenvalue weighted by Crippen LogP contribution is -2.52. The summed E-state index contributed by atoms with van der Waals surface area (Å²) >= 11 is 6.35. The van der Waals surface area contributed by atoms with Gasteiger partial charge in [0.2, 0.25) is 0 Å². The number of fused-ring (bicyclic) bond motifs is 1. The molecule has 3 heterocycles. The zero-order chi connectivity index (χ0) is 20.1. The van der Waals surface area contributed by atoms with Crippen LogP contribution >= 0.6 is 11.6 Å². The van der Waals surface area contributed by atoms with E-state index in [9.17, 15) is 0 Å². The van der Waals surface area contributed by atoms with Crippen LogP contribution in [0.15, 0.2) is 34.0 Å². The van der Waals surface area contributed by atoms with Gasteiger partial charge in [0.05, 0.1) is 17.3 Å². The molecule has 0 atom stereocenters. The van der Waals surface area contributed by atoms with E-state index in [2.05, 4.69) is 27.2 Å². The van der Waals surface area contributed by atoms with E-state index in [0.717, 1.165) is 56.5 Å². The molecular weight excluding hydrogens is 394 g/mol. The second-order valence-corrected chi connectivity index (χ2v) is 7.43. The molecule has 0 spiro atoms. The standard InChI is InChI=1S/C20H26ClN5O3/c1-2-22-20(26-6-4-25(5-7-26)14-16-3-8-29-24-16)23-13-15-11-17(21)19-18(12-15)27-9-10-28-19/h3,8,11-12H,2,4-7,9-10,13-14H2,1H3,(H,22,23). The zero-order valence-electron chi connectivity index (χ0n) is 16.6. The molecular formula is C20H26ClN5O3. The van der Waals surface area contributed by atoms with Crippen LogP contribution in [0.1, 0.15) is 18.2 Å². The Morgan fingerprint density at radius 2 is 2.03 bits per heavy atom. The molecule has 1 aromatic heterocycles. The molecule has 1 aromatic carbocycles. The molecule has 0 amide bonds. The van der Waals surface area contributed by atoms with Crippen LogP contribution in [0.2, 0.25) is 5.02 Å². The predicted octanol–water partition coefficient (Wildman–Crippen LogP) is 2.38. The summed E-state index contributed by atoms with van der Waals surface area (Å²) < 4.78 is 16.2. The van der Waals surface area contributed by atoms with Crippen LogP contribution in [0.25, 0.3) is 0 Å². The maximum absolute atomic E-state index is 6.35. The molecule has 8 nitrogen and oxygen atoms in total. The van der Waals surface area contributed by atoms with Gasteiger partial charge in [-0.05, 0) is 24.6 Å². The van der Waals surface area contributed by atoms with Crippen molar-refractivity contribution < 1.29 is 14.0 Å². The predicted molar refractivity (Wildman–Crippen MR) is 111 cm³/mol. The van der Waals surface area contributed by atoms with E-state index in [-0.39, 0.29) is 0 Å². The fraction of sp³-hybridized carbons (Fsp3) is 0.500. The first-order chi connectivity index (χ1) is 14.2. The van der Waals surface area contributed by atoms with Crippen molar-refractivity contribution >= 4 is 17.6 Å². The number of aliphatic imine (C=N–C) groups is 1. The van der Waals surface area contributed by atoms with E-state index < -0.39 is 0 Å². The van der Waals surface area contributed by atoms with E-state index >= 15 is 0 Å². The van der Waals surface area contributed by atoms with Crippen LogP contribution in [0.4, 0.5) is 0 Å². The number of guanidine groups is 1. The minimum Gasteiger partial charge on any atom is -0.486 e. The SMILES string of the molecule is CCNC(=NCc1cc(Cl)c2c(c1)OCCO2)N1CCN(Cc2ccon2)CC1. The van der Waals surface area contributed by atoms with Crippen LogP contribution in [0, 0.1) is 0 Å². The molecule has 2 aromatic rings. The maximum Gasteiger partial charge on any atom is 0.194 e. The van der Waals surface area contributed by atoms with Crippen molar-refractivity contribution in [2.75, 3.05) is 45.9 Å². The van der Waals surface area contributed by atoms with Crippen LogP contribution in [0.5, 0.6) is 11.5 Å². The third kappa shape index (κ3) is 4.94. The monoisotopic (exact) mass is 419 g/mol. The van der Waals surface area contributed by atoms with Gasteiger partial charge < -0.3 is 24.2 Å². The van der Waals surface area contributed by atoms with Crippen LogP contribution in [0.3, 0.4) is 0 Å². The van der Waals surface area contributed by atoms with Gasteiger partial charge in [-0.15, -0.1) is 0 Å². The molecule has 2 aliphatic rings. The normalized spacial score (nSPS) is 17.4. The molecule has 2 aliphatic heterocycles. The first-order valence-electron chi connectivity index (χ1n) is 9.96. The molecule has 0 radical (unpaired) electrons. The van der Waals surface area contributed by atoms with E-state index in [1.165, 1.54) is 0 Å². The van der Waals surface area contributed by atoms with Crippen molar-refractivity contribution in [2.24, 2.45) is 4.99 Å². The lowest BCUT2D eigenvalue weighted by molar-refractivity contribution is 0.169. The number of ether oxygens (including phenoxy) is 2. The number of hydrogen-bond donors (Lipinski definition) is 1. The molecule has 0 aliphatic carbocycles. The summed E-state index contributed by atoms with van der Waals surface area (Å²) in [7, 11) is 0. The van der Waals surface area contributed by atoms with Crippen LogP contribution in [-0.2, 0) is 13.1 Å². The largest absolute Gasteiger partial charge is 0.486 e. The first kappa shape index (κ1) is 19.8. The van der Waals surface area contributed by atoms with E-state index in [1.54, 1.807) is 6.26 Å². The first-order valence-corrected chi connectivity index (χ1v) is 10.3. The Kier molecular flexibility index (Phi) is 6.41. The van der Waals surface area contributed by atoms with Gasteiger partial charge in [-0.3, -0.25) is 4.90 Å². The molecule has 156 valence electrons. The average molecular weight is 420 g/mol. The number of nitrogens with one attached hydrogen (secondary N) is 1. The van der Waals surface area contributed by atoms with Crippen LogP contribution in [-0.4, -0.2) is 66.9 Å². The van der Waals surface area contributed by atoms with Gasteiger partial charge in [-0.1, -0.05) is 16.8 Å². The number of aromatic nitrogens is 1. The molecule has 9 heteroatoms. The minimum absolute atomic E-state index is 0.525. The number of rotatable bonds is 5. The highest BCUT2D eigenvalue weighted by molar-refractivity contribution is 6.32. The molecule has 1 N–H and O–H groups in total. The summed E-state index contributed by atoms with van der Waals surface area (Å²) in [6.07, 6.45) is 1.62. The summed E-state index contributed by atoms with van der Waals surface area (Å²) in [5.74, 6) is 2.24. The minimum atomic E-state index is 0.525. The number of piperazine rings is 1. The molecule has 4 rings (SSSR count). The topological polar surface area (TPSA) is 75.4 Å². The lowest BCUT2D eigenvalue weighted by Gasteiger charge is -2.36. The number of halogens is 1. The van der Waals surface area contributed by atoms with Gasteiger partial charge in [-0.2, -0.15) is 0 Å². The van der Waals surface area contributed by atoms with Gasteiger partial charge in [-0.25, -0.2) is 4.99 Å². The highest BCUT2D eigenvalue weighted by Crippen LogP contribution is 2.38. The van der Waals surface area contributed by atoms with E-state index in [4.69, 9.17) is 30.6 Å². The van der Waals surface area contributed by atoms with Gasteiger partial charge >= 0.3 is 0 Å². The van der Waals surface area contributed by atoms with Gasteiger partial charge in [0.1, 0.15) is 19.5 Å². The Bertz CT molecular complexity index is 835. The second kappa shape index (κ2) is 9.37. The maximum atomic E-state index is 6.35. The van der Waals surface area contributed by atoms with E-state index in [1.807, 2.05) is 18.2 Å². The van der Waals surface area contributed by atoms with Crippen molar-refractivity contribution in [3.63, 3.8) is 0 Å². The zero-order valence-corrected chi connectivity index (χ0v) is 17.3. The molecule has 0 saturated carbocycles. The summed E-state index contributed by atoms with van der Waals surface area (Å²) in [6.45, 7) is 9.02. The summed E-state index contributed by atoms with van der Waals surface area (Å²) in [5.41, 5.74) is 1.97. The Labute approximate surface area is 175 Å². The average Bonchev–Trinajstić information content (AvgIpc) is 3.25. The Morgan fingerprint density at radius 3 is 2.79 bits per heavy atom. The Morgan fingerprint density at radius 1 is 1.21 bits per heavy atom. The quantitative estimate of drug-likeness (QED) is 0.589. The number of benzene rings is 1. The van der Waals surface area contributed by atoms with Crippen molar-refractivity contribution in [3.05, 3.63) is 40.7 Å². The summed E-state index contributed by atoms with van der Waals surface area (Å²) in [5, 5.41) is 7.97. The molecule has 29 heavy (non-hydrogen) atoms. The van der Waals surface area contributed by atoms with E-state index in [0.29, 0.717) is 36.3 Å². The van der Waals surface area contributed by atoms with Crippen molar-refractivity contribution in [1.82, 2.24) is 20.3 Å². The fourth-order valence-electron chi connectivity index (χ4n) is 3.51. The highest BCUT2D eigenvalue weighted by atomic mass is 35.5. The fourth-order valence-corrected chi connectivity index (χ4v) is 3.80. The van der Waals surface area contributed by atoms with Crippen molar-refractivity contribution in [3.8, 4) is 11.5 Å². The van der Waals surface area contributed by atoms with Crippen molar-refractivity contribution in [1.29, 1.82) is 0 Å². The molecule has 1 fully saturated rings. The van der Waals surface area contributed by atoms with Gasteiger partial charge in [0.15, 0.2) is 17.5 Å². The third-order valence-electron chi connectivity index (χ3n) is 4.95. The second-order valence-electron chi connectivity index (χ2n) is 7.03. The Balaban J connectivity index is 1.39. The Hall–Kier alpha value is -2.45. The lowest BCUT2D eigenvalue weighted by atomic mass is 10.2. The molecule has 1 saturated heterocycles. The summed E-state index contributed by atoms with van der Waals surface area (Å²) in [4.78, 5) is 9.50. The van der Waals surface area contributed by atoms with Gasteiger partial charge in [0.25, 0.3) is 0 Å². The van der Waals surface area contributed by atoms with Crippen molar-refractivity contribution in [2.45, 2.75) is 20.0 Å². The number of nitrogens with zero attached hydrogens (tertiary/aromatic N) is 4. The molecule has 0 bridgehead atoms. The van der Waals surface area contributed by atoms with Gasteiger partial charge in [0, 0.05) is 45.3 Å². The summed E-state index contributed by atoms with van der Waals surface area (Å²) in [6, 6.07) is 5.78. The third-order valence-corrected chi connectivity index (χ3v) is 5.23. The molecule has 0 unspecified atom stereocenters. The smallest absolute Gasteiger partial charge is 0.194 e.